The summed E-state index contributed by atoms with van der Waals surface area (Å²) in [6, 6.07) is 18.8. The smallest absolute Gasteiger partial charge is 0.282 e. The molecule has 3 aromatic carbocycles. The fraction of sp³-hybridized carbons (Fsp3) is 0.222. The van der Waals surface area contributed by atoms with Crippen molar-refractivity contribution in [3.05, 3.63) is 92.4 Å². The summed E-state index contributed by atoms with van der Waals surface area (Å²) in [6.07, 6.45) is 2.50. The SMILES string of the molecule is CC[C@H](C)c1nc2ccc(Br)cc2c(=O)n1N=Cc1cccc(OCc2ccc3c(c2)OCO3)c1. The van der Waals surface area contributed by atoms with Crippen molar-refractivity contribution >= 4 is 33.0 Å². The molecule has 0 fully saturated rings. The molecule has 0 saturated heterocycles. The molecule has 4 aromatic rings. The summed E-state index contributed by atoms with van der Waals surface area (Å²) < 4.78 is 19.0. The maximum absolute atomic E-state index is 13.3. The molecule has 0 N–H and O–H groups in total. The Kier molecular flexibility index (Phi) is 6.55. The number of hydrogen-bond donors (Lipinski definition) is 0. The molecular weight excluding hydrogens is 510 g/mol. The molecule has 35 heavy (non-hydrogen) atoms. The van der Waals surface area contributed by atoms with Gasteiger partial charge < -0.3 is 14.2 Å². The highest BCUT2D eigenvalue weighted by Crippen LogP contribution is 2.32. The van der Waals surface area contributed by atoms with Crippen molar-refractivity contribution in [1.29, 1.82) is 0 Å². The van der Waals surface area contributed by atoms with Gasteiger partial charge in [0.1, 0.15) is 18.2 Å². The highest BCUT2D eigenvalue weighted by Gasteiger charge is 2.16. The molecule has 0 unspecified atom stereocenters. The van der Waals surface area contributed by atoms with Crippen LogP contribution in [0.1, 0.15) is 43.1 Å². The number of halogens is 1. The van der Waals surface area contributed by atoms with Gasteiger partial charge in [-0.25, -0.2) is 4.98 Å². The largest absolute Gasteiger partial charge is 0.489 e. The maximum Gasteiger partial charge on any atom is 0.282 e. The van der Waals surface area contributed by atoms with Crippen LogP contribution < -0.4 is 19.8 Å². The lowest BCUT2D eigenvalue weighted by molar-refractivity contribution is 0.174. The van der Waals surface area contributed by atoms with E-state index in [4.69, 9.17) is 19.2 Å². The third-order valence-electron chi connectivity index (χ3n) is 5.91. The van der Waals surface area contributed by atoms with E-state index in [2.05, 4.69) is 28.0 Å². The molecule has 0 saturated carbocycles. The van der Waals surface area contributed by atoms with Crippen LogP contribution in [0.3, 0.4) is 0 Å². The molecule has 1 aliphatic rings. The zero-order valence-electron chi connectivity index (χ0n) is 19.4. The summed E-state index contributed by atoms with van der Waals surface area (Å²) in [6.45, 7) is 4.74. The third kappa shape index (κ3) is 4.93. The summed E-state index contributed by atoms with van der Waals surface area (Å²) >= 11 is 3.44. The van der Waals surface area contributed by atoms with Crippen molar-refractivity contribution < 1.29 is 14.2 Å². The van der Waals surface area contributed by atoms with Gasteiger partial charge in [0.05, 0.1) is 17.1 Å². The molecular formula is C27H24BrN3O4. The molecule has 2 heterocycles. The molecule has 0 radical (unpaired) electrons. The lowest BCUT2D eigenvalue weighted by Gasteiger charge is -2.14. The van der Waals surface area contributed by atoms with Gasteiger partial charge in [0, 0.05) is 10.4 Å². The summed E-state index contributed by atoms with van der Waals surface area (Å²) in [5.41, 5.74) is 2.26. The second-order valence-corrected chi connectivity index (χ2v) is 9.27. The van der Waals surface area contributed by atoms with E-state index in [1.54, 1.807) is 12.3 Å². The Balaban J connectivity index is 1.40. The van der Waals surface area contributed by atoms with Crippen LogP contribution in [0, 0.1) is 0 Å². The first-order valence-corrected chi connectivity index (χ1v) is 12.2. The molecule has 0 aliphatic carbocycles. The predicted octanol–water partition coefficient (Wildman–Crippen LogP) is 5.86. The van der Waals surface area contributed by atoms with Gasteiger partial charge >= 0.3 is 0 Å². The van der Waals surface area contributed by atoms with Gasteiger partial charge in [0.15, 0.2) is 11.5 Å². The first-order valence-electron chi connectivity index (χ1n) is 11.4. The highest BCUT2D eigenvalue weighted by molar-refractivity contribution is 9.10. The Morgan fingerprint density at radius 2 is 2.00 bits per heavy atom. The first-order chi connectivity index (χ1) is 17.0. The fourth-order valence-corrected chi connectivity index (χ4v) is 4.15. The van der Waals surface area contributed by atoms with Gasteiger partial charge in [-0.2, -0.15) is 9.78 Å². The Bertz CT molecular complexity index is 1480. The van der Waals surface area contributed by atoms with E-state index < -0.39 is 0 Å². The van der Waals surface area contributed by atoms with Crippen molar-refractivity contribution in [2.24, 2.45) is 5.10 Å². The Hall–Kier alpha value is -3.65. The minimum atomic E-state index is -0.196. The second kappa shape index (κ2) is 9.92. The molecule has 0 amide bonds. The van der Waals surface area contributed by atoms with Crippen LogP contribution in [-0.4, -0.2) is 22.7 Å². The normalized spacial score (nSPS) is 13.5. The summed E-state index contributed by atoms with van der Waals surface area (Å²) in [5, 5.41) is 5.06. The quantitative estimate of drug-likeness (QED) is 0.278. The summed E-state index contributed by atoms with van der Waals surface area (Å²) in [5.74, 6) is 2.88. The van der Waals surface area contributed by atoms with Crippen molar-refractivity contribution in [2.75, 3.05) is 6.79 Å². The Morgan fingerprint density at radius 1 is 1.14 bits per heavy atom. The average Bonchev–Trinajstić information content (AvgIpc) is 3.35. The van der Waals surface area contributed by atoms with Crippen LogP contribution in [-0.2, 0) is 6.61 Å². The van der Waals surface area contributed by atoms with Gasteiger partial charge in [0.2, 0.25) is 6.79 Å². The molecule has 1 atom stereocenters. The second-order valence-electron chi connectivity index (χ2n) is 8.35. The topological polar surface area (TPSA) is 74.9 Å². The summed E-state index contributed by atoms with van der Waals surface area (Å²) in [4.78, 5) is 18.0. The van der Waals surface area contributed by atoms with Crippen LogP contribution in [0.15, 0.2) is 75.0 Å². The minimum Gasteiger partial charge on any atom is -0.489 e. The standard InChI is InChI=1S/C27H24BrN3O4/c1-3-17(2)26-30-23-9-8-20(28)13-22(23)27(32)31(26)29-14-18-5-4-6-21(11-18)33-15-19-7-10-24-25(12-19)35-16-34-24/h4-14,17H,3,15-16H2,1-2H3/t17-/m0/s1. The first kappa shape index (κ1) is 23.1. The molecule has 1 aliphatic heterocycles. The molecule has 0 bridgehead atoms. The lowest BCUT2D eigenvalue weighted by atomic mass is 10.1. The van der Waals surface area contributed by atoms with Crippen LogP contribution >= 0.6 is 15.9 Å². The zero-order valence-corrected chi connectivity index (χ0v) is 21.0. The van der Waals surface area contributed by atoms with Gasteiger partial charge in [-0.05, 0) is 60.0 Å². The van der Waals surface area contributed by atoms with E-state index in [-0.39, 0.29) is 18.3 Å². The van der Waals surface area contributed by atoms with E-state index in [0.717, 1.165) is 33.5 Å². The third-order valence-corrected chi connectivity index (χ3v) is 6.40. The predicted molar refractivity (Wildman–Crippen MR) is 139 cm³/mol. The molecule has 1 aromatic heterocycles. The number of rotatable bonds is 7. The van der Waals surface area contributed by atoms with E-state index in [9.17, 15) is 4.79 Å². The van der Waals surface area contributed by atoms with Crippen LogP contribution in [0.25, 0.3) is 10.9 Å². The molecule has 8 heteroatoms. The number of ether oxygens (including phenoxy) is 3. The number of nitrogens with zero attached hydrogens (tertiary/aromatic N) is 3. The molecule has 5 rings (SSSR count). The number of fused-ring (bicyclic) bond motifs is 2. The fourth-order valence-electron chi connectivity index (χ4n) is 3.79. The number of benzene rings is 3. The lowest BCUT2D eigenvalue weighted by Crippen LogP contribution is -2.23. The maximum atomic E-state index is 13.3. The van der Waals surface area contributed by atoms with Gasteiger partial charge in [-0.15, -0.1) is 0 Å². The Morgan fingerprint density at radius 3 is 2.86 bits per heavy atom. The van der Waals surface area contributed by atoms with E-state index >= 15 is 0 Å². The Labute approximate surface area is 211 Å². The monoisotopic (exact) mass is 533 g/mol. The average molecular weight is 534 g/mol. The van der Waals surface area contributed by atoms with Crippen LogP contribution in [0.5, 0.6) is 17.2 Å². The van der Waals surface area contributed by atoms with Crippen molar-refractivity contribution in [2.45, 2.75) is 32.8 Å². The minimum absolute atomic E-state index is 0.0734. The van der Waals surface area contributed by atoms with Crippen molar-refractivity contribution in [1.82, 2.24) is 9.66 Å². The molecule has 178 valence electrons. The molecule has 0 spiro atoms. The van der Waals surface area contributed by atoms with Gasteiger partial charge in [-0.3, -0.25) is 4.79 Å². The van der Waals surface area contributed by atoms with Crippen molar-refractivity contribution in [3.8, 4) is 17.2 Å². The highest BCUT2D eigenvalue weighted by atomic mass is 79.9. The number of hydrogen-bond acceptors (Lipinski definition) is 6. The zero-order chi connectivity index (χ0) is 24.4. The van der Waals surface area contributed by atoms with Gasteiger partial charge in [-0.1, -0.05) is 48.0 Å². The van der Waals surface area contributed by atoms with Crippen LogP contribution in [0.2, 0.25) is 0 Å². The molecule has 7 nitrogen and oxygen atoms in total. The van der Waals surface area contributed by atoms with Crippen molar-refractivity contribution in [3.63, 3.8) is 0 Å². The van der Waals surface area contributed by atoms with E-state index in [1.807, 2.05) is 61.5 Å². The van der Waals surface area contributed by atoms with E-state index in [0.29, 0.717) is 29.1 Å². The van der Waals surface area contributed by atoms with E-state index in [1.165, 1.54) is 4.68 Å². The summed E-state index contributed by atoms with van der Waals surface area (Å²) in [7, 11) is 0. The number of aromatic nitrogens is 2. The van der Waals surface area contributed by atoms with Gasteiger partial charge in [0.25, 0.3) is 5.56 Å². The van der Waals surface area contributed by atoms with Crippen LogP contribution in [0.4, 0.5) is 0 Å².